The van der Waals surface area contributed by atoms with E-state index in [-0.39, 0.29) is 23.8 Å². The lowest BCUT2D eigenvalue weighted by molar-refractivity contribution is -0.161. The first-order valence-electron chi connectivity index (χ1n) is 8.87. The van der Waals surface area contributed by atoms with Crippen molar-refractivity contribution in [3.63, 3.8) is 0 Å². The third kappa shape index (κ3) is 4.12. The molecule has 2 aliphatic rings. The van der Waals surface area contributed by atoms with Crippen molar-refractivity contribution in [3.8, 4) is 0 Å². The van der Waals surface area contributed by atoms with E-state index in [4.69, 9.17) is 4.74 Å². The van der Waals surface area contributed by atoms with Crippen molar-refractivity contribution in [2.45, 2.75) is 49.5 Å². The molecule has 1 saturated heterocycles. The molecule has 3 rings (SSSR count). The summed E-state index contributed by atoms with van der Waals surface area (Å²) in [4.78, 5) is 24.1. The molecule has 0 aromatic heterocycles. The molecular weight excluding hydrogens is 361 g/mol. The van der Waals surface area contributed by atoms with Crippen LogP contribution >= 0.6 is 0 Å². The largest absolute Gasteiger partial charge is 0.454 e. The summed E-state index contributed by atoms with van der Waals surface area (Å²) < 4.78 is 44.8. The average Bonchev–Trinajstić information content (AvgIpc) is 2.64. The summed E-state index contributed by atoms with van der Waals surface area (Å²) in [6.45, 7) is 0.385. The molecule has 0 amide bonds. The zero-order valence-electron chi connectivity index (χ0n) is 14.4. The van der Waals surface area contributed by atoms with Crippen molar-refractivity contribution < 1.29 is 27.1 Å². The van der Waals surface area contributed by atoms with Crippen LogP contribution in [-0.2, 0) is 24.3 Å². The lowest BCUT2D eigenvalue weighted by Gasteiger charge is -2.31. The second-order valence-corrected chi connectivity index (χ2v) is 8.71. The van der Waals surface area contributed by atoms with Gasteiger partial charge in [0, 0.05) is 19.5 Å². The number of hydrogen-bond acceptors (Lipinski definition) is 5. The van der Waals surface area contributed by atoms with Gasteiger partial charge < -0.3 is 4.74 Å². The maximum absolute atomic E-state index is 13.0. The van der Waals surface area contributed by atoms with E-state index >= 15 is 0 Å². The van der Waals surface area contributed by atoms with Gasteiger partial charge in [-0.3, -0.25) is 9.59 Å². The number of sulfonamides is 1. The third-order valence-corrected chi connectivity index (χ3v) is 6.91. The van der Waals surface area contributed by atoms with E-state index in [2.05, 4.69) is 0 Å². The Morgan fingerprint density at radius 2 is 1.73 bits per heavy atom. The van der Waals surface area contributed by atoms with E-state index in [1.54, 1.807) is 0 Å². The molecule has 0 N–H and O–H groups in total. The van der Waals surface area contributed by atoms with E-state index in [9.17, 15) is 22.4 Å². The van der Waals surface area contributed by atoms with E-state index in [0.29, 0.717) is 25.7 Å². The number of ketones is 1. The minimum Gasteiger partial charge on any atom is -0.454 e. The van der Waals surface area contributed by atoms with Crippen LogP contribution in [0.2, 0.25) is 0 Å². The van der Waals surface area contributed by atoms with Crippen LogP contribution in [-0.4, -0.2) is 43.7 Å². The first-order chi connectivity index (χ1) is 12.4. The van der Waals surface area contributed by atoms with Crippen LogP contribution in [0.15, 0.2) is 29.2 Å². The molecule has 0 bridgehead atoms. The number of halogens is 1. The molecule has 1 aliphatic heterocycles. The Hall–Kier alpha value is -1.80. The highest BCUT2D eigenvalue weighted by Gasteiger charge is 2.35. The second-order valence-electron chi connectivity index (χ2n) is 6.77. The Bertz CT molecular complexity index is 769. The van der Waals surface area contributed by atoms with E-state index in [1.165, 1.54) is 16.4 Å². The number of esters is 1. The SMILES string of the molecule is O=C(O[C@@H]1CCCCC1=O)C1CCN(S(=O)(=O)c2ccc(F)cc2)CC1. The van der Waals surface area contributed by atoms with Gasteiger partial charge in [-0.25, -0.2) is 12.8 Å². The molecule has 1 heterocycles. The van der Waals surface area contributed by atoms with Crippen LogP contribution in [0, 0.1) is 11.7 Å². The summed E-state index contributed by atoms with van der Waals surface area (Å²) in [5.41, 5.74) is 0. The molecular formula is C18H22FNO5S. The lowest BCUT2D eigenvalue weighted by atomic mass is 9.95. The number of rotatable bonds is 4. The van der Waals surface area contributed by atoms with Gasteiger partial charge in [0.05, 0.1) is 10.8 Å². The minimum absolute atomic E-state index is 0.0269. The van der Waals surface area contributed by atoms with Gasteiger partial charge in [0.25, 0.3) is 0 Å². The van der Waals surface area contributed by atoms with Crippen molar-refractivity contribution in [1.82, 2.24) is 4.31 Å². The lowest BCUT2D eigenvalue weighted by Crippen LogP contribution is -2.41. The highest BCUT2D eigenvalue weighted by Crippen LogP contribution is 2.26. The van der Waals surface area contributed by atoms with E-state index in [1.807, 2.05) is 0 Å². The van der Waals surface area contributed by atoms with Crippen LogP contribution in [0.25, 0.3) is 0 Å². The molecule has 1 saturated carbocycles. The zero-order valence-corrected chi connectivity index (χ0v) is 15.2. The second kappa shape index (κ2) is 7.84. The maximum atomic E-state index is 13.0. The molecule has 2 fully saturated rings. The van der Waals surface area contributed by atoms with Crippen molar-refractivity contribution >= 4 is 21.8 Å². The minimum atomic E-state index is -3.70. The van der Waals surface area contributed by atoms with Gasteiger partial charge in [0.1, 0.15) is 5.82 Å². The fourth-order valence-electron chi connectivity index (χ4n) is 3.40. The molecule has 0 unspecified atom stereocenters. The third-order valence-electron chi connectivity index (χ3n) is 5.00. The smallest absolute Gasteiger partial charge is 0.309 e. The number of carbonyl (C=O) groups is 2. The van der Waals surface area contributed by atoms with Gasteiger partial charge >= 0.3 is 5.97 Å². The standard InChI is InChI=1S/C18H22FNO5S/c19-14-5-7-15(8-6-14)26(23,24)20-11-9-13(10-12-20)18(22)25-17-4-2-1-3-16(17)21/h5-8,13,17H,1-4,9-12H2/t17-/m1/s1. The van der Waals surface area contributed by atoms with E-state index < -0.39 is 33.8 Å². The first-order valence-corrected chi connectivity index (χ1v) is 10.3. The maximum Gasteiger partial charge on any atom is 0.309 e. The number of benzene rings is 1. The van der Waals surface area contributed by atoms with Gasteiger partial charge in [-0.1, -0.05) is 0 Å². The average molecular weight is 383 g/mol. The molecule has 8 heteroatoms. The molecule has 1 atom stereocenters. The van der Waals surface area contributed by atoms with Crippen molar-refractivity contribution in [2.75, 3.05) is 13.1 Å². The molecule has 6 nitrogen and oxygen atoms in total. The summed E-state index contributed by atoms with van der Waals surface area (Å²) in [5.74, 6) is -1.34. The summed E-state index contributed by atoms with van der Waals surface area (Å²) in [6.07, 6.45) is 2.79. The van der Waals surface area contributed by atoms with Crippen LogP contribution in [0.1, 0.15) is 38.5 Å². The van der Waals surface area contributed by atoms with Crippen molar-refractivity contribution in [1.29, 1.82) is 0 Å². The quantitative estimate of drug-likeness (QED) is 0.745. The van der Waals surface area contributed by atoms with Crippen molar-refractivity contribution in [3.05, 3.63) is 30.1 Å². The van der Waals surface area contributed by atoms with Gasteiger partial charge in [-0.15, -0.1) is 0 Å². The van der Waals surface area contributed by atoms with Crippen LogP contribution in [0.3, 0.4) is 0 Å². The Kier molecular flexibility index (Phi) is 5.72. The van der Waals surface area contributed by atoms with Gasteiger partial charge in [0.2, 0.25) is 10.0 Å². The van der Waals surface area contributed by atoms with E-state index in [0.717, 1.165) is 25.0 Å². The summed E-state index contributed by atoms with van der Waals surface area (Å²) >= 11 is 0. The molecule has 142 valence electrons. The normalized spacial score (nSPS) is 23.0. The van der Waals surface area contributed by atoms with Gasteiger partial charge in [0.15, 0.2) is 11.9 Å². The Morgan fingerprint density at radius 1 is 1.08 bits per heavy atom. The van der Waals surface area contributed by atoms with Gasteiger partial charge in [-0.05, 0) is 56.4 Å². The summed E-state index contributed by atoms with van der Waals surface area (Å²) in [5, 5.41) is 0. The van der Waals surface area contributed by atoms with Crippen molar-refractivity contribution in [2.24, 2.45) is 5.92 Å². The number of hydrogen-bond donors (Lipinski definition) is 0. The zero-order chi connectivity index (χ0) is 18.7. The predicted molar refractivity (Wildman–Crippen MR) is 91.2 cm³/mol. The highest BCUT2D eigenvalue weighted by atomic mass is 32.2. The molecule has 1 aliphatic carbocycles. The number of carbonyl (C=O) groups excluding carboxylic acids is 2. The molecule has 0 radical (unpaired) electrons. The fourth-order valence-corrected chi connectivity index (χ4v) is 4.87. The molecule has 26 heavy (non-hydrogen) atoms. The predicted octanol–water partition coefficient (Wildman–Crippen LogP) is 2.28. The monoisotopic (exact) mass is 383 g/mol. The number of ether oxygens (including phenoxy) is 1. The Balaban J connectivity index is 1.57. The highest BCUT2D eigenvalue weighted by molar-refractivity contribution is 7.89. The Morgan fingerprint density at radius 3 is 2.35 bits per heavy atom. The first kappa shape index (κ1) is 19.0. The van der Waals surface area contributed by atoms with Crippen LogP contribution in [0.4, 0.5) is 4.39 Å². The number of Topliss-reactive ketones (excluding diaryl/α,β-unsaturated/α-hetero) is 1. The number of piperidine rings is 1. The summed E-state index contributed by atoms with van der Waals surface area (Å²) in [7, 11) is -3.70. The fraction of sp³-hybridized carbons (Fsp3) is 0.556. The van der Waals surface area contributed by atoms with Crippen LogP contribution in [0.5, 0.6) is 0 Å². The summed E-state index contributed by atoms with van der Waals surface area (Å²) in [6, 6.07) is 4.69. The Labute approximate surface area is 152 Å². The molecule has 1 aromatic carbocycles. The molecule has 1 aromatic rings. The van der Waals surface area contributed by atoms with Crippen LogP contribution < -0.4 is 0 Å². The number of nitrogens with zero attached hydrogens (tertiary/aromatic N) is 1. The molecule has 0 spiro atoms. The topological polar surface area (TPSA) is 80.8 Å². The van der Waals surface area contributed by atoms with Gasteiger partial charge in [-0.2, -0.15) is 4.31 Å².